The molecule has 1 atom stereocenters. The zero-order chi connectivity index (χ0) is 10.7. The monoisotopic (exact) mass is 204 g/mol. The Bertz CT molecular complexity index is 325. The van der Waals surface area contributed by atoms with Crippen molar-refractivity contribution in [1.82, 2.24) is 0 Å². The van der Waals surface area contributed by atoms with Crippen LogP contribution in [-0.4, -0.2) is 13.4 Å². The van der Waals surface area contributed by atoms with Crippen molar-refractivity contribution in [2.24, 2.45) is 11.8 Å². The van der Waals surface area contributed by atoms with E-state index in [0.717, 1.165) is 18.5 Å². The van der Waals surface area contributed by atoms with Crippen LogP contribution in [0.15, 0.2) is 24.3 Å². The van der Waals surface area contributed by atoms with Crippen LogP contribution in [0.1, 0.15) is 18.4 Å². The Balaban J connectivity index is 1.99. The molecule has 0 radical (unpaired) electrons. The van der Waals surface area contributed by atoms with E-state index in [9.17, 15) is 4.79 Å². The first kappa shape index (κ1) is 10.2. The lowest BCUT2D eigenvalue weighted by Gasteiger charge is -2.08. The first-order chi connectivity index (χ1) is 7.33. The molecule has 2 nitrogen and oxygen atoms in total. The fraction of sp³-hybridized carbons (Fsp3) is 0.462. The molecule has 1 fully saturated rings. The molecule has 80 valence electrons. The van der Waals surface area contributed by atoms with E-state index in [1.807, 2.05) is 24.3 Å². The summed E-state index contributed by atoms with van der Waals surface area (Å²) in [6, 6.07) is 7.98. The minimum Gasteiger partial charge on any atom is -0.497 e. The SMILES string of the molecule is COc1ccc(CC(C=O)C2CC2)cc1. The lowest BCUT2D eigenvalue weighted by Crippen LogP contribution is -2.08. The third kappa shape index (κ3) is 2.58. The summed E-state index contributed by atoms with van der Waals surface area (Å²) in [4.78, 5) is 10.9. The van der Waals surface area contributed by atoms with Crippen LogP contribution >= 0.6 is 0 Å². The highest BCUT2D eigenvalue weighted by Gasteiger charge is 2.30. The average molecular weight is 204 g/mol. The van der Waals surface area contributed by atoms with Crippen LogP contribution in [0.4, 0.5) is 0 Å². The van der Waals surface area contributed by atoms with Crippen LogP contribution < -0.4 is 4.74 Å². The van der Waals surface area contributed by atoms with Crippen molar-refractivity contribution < 1.29 is 9.53 Å². The van der Waals surface area contributed by atoms with Crippen LogP contribution in [0.2, 0.25) is 0 Å². The Morgan fingerprint density at radius 1 is 1.40 bits per heavy atom. The third-order valence-electron chi connectivity index (χ3n) is 3.03. The van der Waals surface area contributed by atoms with Gasteiger partial charge in [0, 0.05) is 5.92 Å². The van der Waals surface area contributed by atoms with E-state index in [-0.39, 0.29) is 5.92 Å². The van der Waals surface area contributed by atoms with Crippen LogP contribution in [0.3, 0.4) is 0 Å². The molecular weight excluding hydrogens is 188 g/mol. The number of hydrogen-bond donors (Lipinski definition) is 0. The van der Waals surface area contributed by atoms with E-state index in [0.29, 0.717) is 5.92 Å². The zero-order valence-electron chi connectivity index (χ0n) is 8.98. The Morgan fingerprint density at radius 3 is 2.53 bits per heavy atom. The Kier molecular flexibility index (Phi) is 3.05. The number of carbonyl (C=O) groups is 1. The number of carbonyl (C=O) groups excluding carboxylic acids is 1. The molecule has 15 heavy (non-hydrogen) atoms. The predicted octanol–water partition coefficient (Wildman–Crippen LogP) is 2.46. The molecule has 1 aromatic carbocycles. The summed E-state index contributed by atoms with van der Waals surface area (Å²) in [5, 5.41) is 0. The van der Waals surface area contributed by atoms with Gasteiger partial charge in [-0.05, 0) is 42.9 Å². The van der Waals surface area contributed by atoms with Crippen LogP contribution in [0.5, 0.6) is 5.75 Å². The number of benzene rings is 1. The van der Waals surface area contributed by atoms with Gasteiger partial charge in [0.25, 0.3) is 0 Å². The van der Waals surface area contributed by atoms with Crippen molar-refractivity contribution in [2.75, 3.05) is 7.11 Å². The molecule has 2 heteroatoms. The molecule has 1 unspecified atom stereocenters. The maximum atomic E-state index is 10.9. The zero-order valence-corrected chi connectivity index (χ0v) is 8.98. The molecule has 1 aliphatic carbocycles. The molecule has 0 bridgehead atoms. The van der Waals surface area contributed by atoms with Crippen LogP contribution in [0.25, 0.3) is 0 Å². The molecule has 0 amide bonds. The molecule has 1 saturated carbocycles. The van der Waals surface area contributed by atoms with Crippen molar-refractivity contribution in [3.63, 3.8) is 0 Å². The Morgan fingerprint density at radius 2 is 2.07 bits per heavy atom. The highest BCUT2D eigenvalue weighted by Crippen LogP contribution is 2.37. The summed E-state index contributed by atoms with van der Waals surface area (Å²) < 4.78 is 5.09. The molecule has 0 aliphatic heterocycles. The van der Waals surface area contributed by atoms with Gasteiger partial charge in [-0.1, -0.05) is 12.1 Å². The summed E-state index contributed by atoms with van der Waals surface area (Å²) in [5.41, 5.74) is 1.22. The summed E-state index contributed by atoms with van der Waals surface area (Å²) in [6.45, 7) is 0. The van der Waals surface area contributed by atoms with Gasteiger partial charge >= 0.3 is 0 Å². The molecule has 0 saturated heterocycles. The number of rotatable bonds is 5. The van der Waals surface area contributed by atoms with Gasteiger partial charge in [-0.3, -0.25) is 0 Å². The van der Waals surface area contributed by atoms with Gasteiger partial charge in [0.1, 0.15) is 12.0 Å². The Labute approximate surface area is 90.3 Å². The quantitative estimate of drug-likeness (QED) is 0.689. The number of hydrogen-bond acceptors (Lipinski definition) is 2. The molecular formula is C13H16O2. The van der Waals surface area contributed by atoms with E-state index in [1.165, 1.54) is 18.4 Å². The molecule has 0 heterocycles. The lowest BCUT2D eigenvalue weighted by atomic mass is 9.96. The lowest BCUT2D eigenvalue weighted by molar-refractivity contribution is -0.111. The fourth-order valence-electron chi connectivity index (χ4n) is 1.88. The van der Waals surface area contributed by atoms with Crippen molar-refractivity contribution >= 4 is 6.29 Å². The first-order valence-corrected chi connectivity index (χ1v) is 5.41. The topological polar surface area (TPSA) is 26.3 Å². The number of ether oxygens (including phenoxy) is 1. The van der Waals surface area contributed by atoms with Crippen molar-refractivity contribution in [3.8, 4) is 5.75 Å². The van der Waals surface area contributed by atoms with Crippen molar-refractivity contribution in [2.45, 2.75) is 19.3 Å². The van der Waals surface area contributed by atoms with Gasteiger partial charge < -0.3 is 9.53 Å². The van der Waals surface area contributed by atoms with E-state index < -0.39 is 0 Å². The smallest absolute Gasteiger partial charge is 0.123 e. The van der Waals surface area contributed by atoms with Crippen molar-refractivity contribution in [3.05, 3.63) is 29.8 Å². The van der Waals surface area contributed by atoms with E-state index in [2.05, 4.69) is 0 Å². The van der Waals surface area contributed by atoms with Gasteiger partial charge in [-0.25, -0.2) is 0 Å². The van der Waals surface area contributed by atoms with E-state index in [1.54, 1.807) is 7.11 Å². The second-order valence-corrected chi connectivity index (χ2v) is 4.19. The predicted molar refractivity (Wildman–Crippen MR) is 59.0 cm³/mol. The molecule has 1 aliphatic rings. The normalized spacial score (nSPS) is 17.1. The van der Waals surface area contributed by atoms with E-state index >= 15 is 0 Å². The second-order valence-electron chi connectivity index (χ2n) is 4.19. The minimum absolute atomic E-state index is 0.221. The molecule has 2 rings (SSSR count). The summed E-state index contributed by atoms with van der Waals surface area (Å²) in [5.74, 6) is 1.73. The second kappa shape index (κ2) is 4.47. The Hall–Kier alpha value is -1.31. The van der Waals surface area contributed by atoms with Crippen molar-refractivity contribution in [1.29, 1.82) is 0 Å². The van der Waals surface area contributed by atoms with Gasteiger partial charge in [0.2, 0.25) is 0 Å². The highest BCUT2D eigenvalue weighted by molar-refractivity contribution is 5.55. The summed E-state index contributed by atoms with van der Waals surface area (Å²) in [6.07, 6.45) is 4.43. The maximum absolute atomic E-state index is 10.9. The maximum Gasteiger partial charge on any atom is 0.123 e. The summed E-state index contributed by atoms with van der Waals surface area (Å²) >= 11 is 0. The first-order valence-electron chi connectivity index (χ1n) is 5.41. The average Bonchev–Trinajstić information content (AvgIpc) is 3.10. The number of methoxy groups -OCH3 is 1. The molecule has 0 N–H and O–H groups in total. The highest BCUT2D eigenvalue weighted by atomic mass is 16.5. The number of aldehydes is 1. The van der Waals surface area contributed by atoms with Gasteiger partial charge in [-0.15, -0.1) is 0 Å². The van der Waals surface area contributed by atoms with Gasteiger partial charge in [0.15, 0.2) is 0 Å². The molecule has 0 spiro atoms. The van der Waals surface area contributed by atoms with Gasteiger partial charge in [0.05, 0.1) is 7.11 Å². The molecule has 0 aromatic heterocycles. The van der Waals surface area contributed by atoms with Crippen LogP contribution in [0, 0.1) is 11.8 Å². The largest absolute Gasteiger partial charge is 0.497 e. The van der Waals surface area contributed by atoms with Gasteiger partial charge in [-0.2, -0.15) is 0 Å². The standard InChI is InChI=1S/C13H16O2/c1-15-13-6-2-10(3-7-13)8-12(9-14)11-4-5-11/h2-3,6-7,9,11-12H,4-5,8H2,1H3. The summed E-state index contributed by atoms with van der Waals surface area (Å²) in [7, 11) is 1.66. The van der Waals surface area contributed by atoms with Crippen LogP contribution in [-0.2, 0) is 11.2 Å². The minimum atomic E-state index is 0.221. The third-order valence-corrected chi connectivity index (χ3v) is 3.03. The molecule has 1 aromatic rings. The fourth-order valence-corrected chi connectivity index (χ4v) is 1.88. The van der Waals surface area contributed by atoms with E-state index in [4.69, 9.17) is 4.74 Å².